The predicted octanol–water partition coefficient (Wildman–Crippen LogP) is 2.03. The number of halogens is 1. The van der Waals surface area contributed by atoms with Crippen molar-refractivity contribution in [2.75, 3.05) is 20.1 Å². The normalized spacial score (nSPS) is 16.9. The van der Waals surface area contributed by atoms with Gasteiger partial charge in [-0.1, -0.05) is 12.1 Å². The number of benzene rings is 1. The number of likely N-dealkylation sites (tertiary alicyclic amines) is 1. The lowest BCUT2D eigenvalue weighted by atomic mass is 10.1. The Balaban J connectivity index is 1.76. The number of nitrogens with zero attached hydrogens (tertiary/aromatic N) is 1. The van der Waals surface area contributed by atoms with Crippen molar-refractivity contribution in [3.05, 3.63) is 35.1 Å². The summed E-state index contributed by atoms with van der Waals surface area (Å²) in [5, 5.41) is 5.80. The van der Waals surface area contributed by atoms with Crippen molar-refractivity contribution in [3.63, 3.8) is 0 Å². The van der Waals surface area contributed by atoms with Crippen LogP contribution in [0.2, 0.25) is 0 Å². The lowest BCUT2D eigenvalue weighted by molar-refractivity contribution is 0.213. The molecule has 0 bridgehead atoms. The van der Waals surface area contributed by atoms with Crippen LogP contribution in [0.3, 0.4) is 0 Å². The van der Waals surface area contributed by atoms with Crippen molar-refractivity contribution in [2.45, 2.75) is 32.4 Å². The van der Waals surface area contributed by atoms with Gasteiger partial charge in [0.2, 0.25) is 0 Å². The zero-order valence-electron chi connectivity index (χ0n) is 12.1. The highest BCUT2D eigenvalue weighted by Crippen LogP contribution is 2.10. The molecule has 110 valence electrons. The Morgan fingerprint density at radius 3 is 2.75 bits per heavy atom. The summed E-state index contributed by atoms with van der Waals surface area (Å²) in [4.78, 5) is 14.1. The smallest absolute Gasteiger partial charge is 0.315 e. The van der Waals surface area contributed by atoms with Crippen LogP contribution in [-0.4, -0.2) is 37.1 Å². The van der Waals surface area contributed by atoms with Crippen LogP contribution in [0.5, 0.6) is 0 Å². The Labute approximate surface area is 119 Å². The molecule has 0 unspecified atom stereocenters. The standard InChI is InChI=1S/C15H22FN3O/c1-11-9-12(3-4-14(11)16)10-17-15(20)18-13-5-7-19(2)8-6-13/h3-4,9,13H,5-8,10H2,1-2H3,(H2,17,18,20). The molecule has 2 rings (SSSR count). The second-order valence-electron chi connectivity index (χ2n) is 5.49. The van der Waals surface area contributed by atoms with Crippen molar-refractivity contribution in [1.29, 1.82) is 0 Å². The lowest BCUT2D eigenvalue weighted by Gasteiger charge is -2.29. The van der Waals surface area contributed by atoms with Crippen molar-refractivity contribution in [3.8, 4) is 0 Å². The molecule has 0 atom stereocenters. The van der Waals surface area contributed by atoms with Crippen LogP contribution in [0.1, 0.15) is 24.0 Å². The number of hydrogen-bond donors (Lipinski definition) is 2. The molecule has 2 N–H and O–H groups in total. The Hall–Kier alpha value is -1.62. The van der Waals surface area contributed by atoms with Gasteiger partial charge in [0.15, 0.2) is 0 Å². The van der Waals surface area contributed by atoms with Gasteiger partial charge in [0.05, 0.1) is 0 Å². The van der Waals surface area contributed by atoms with Gasteiger partial charge in [-0.2, -0.15) is 0 Å². The molecule has 0 aliphatic carbocycles. The lowest BCUT2D eigenvalue weighted by Crippen LogP contribution is -2.46. The van der Waals surface area contributed by atoms with E-state index in [2.05, 4.69) is 22.6 Å². The van der Waals surface area contributed by atoms with E-state index in [1.807, 2.05) is 0 Å². The minimum absolute atomic E-state index is 0.151. The highest BCUT2D eigenvalue weighted by molar-refractivity contribution is 5.74. The van der Waals surface area contributed by atoms with Crippen LogP contribution >= 0.6 is 0 Å². The van der Waals surface area contributed by atoms with Gasteiger partial charge >= 0.3 is 6.03 Å². The van der Waals surface area contributed by atoms with Gasteiger partial charge in [-0.3, -0.25) is 0 Å². The van der Waals surface area contributed by atoms with E-state index in [0.717, 1.165) is 31.5 Å². The maximum atomic E-state index is 13.1. The summed E-state index contributed by atoms with van der Waals surface area (Å²) >= 11 is 0. The Morgan fingerprint density at radius 2 is 2.10 bits per heavy atom. The van der Waals surface area contributed by atoms with E-state index < -0.39 is 0 Å². The van der Waals surface area contributed by atoms with Gasteiger partial charge < -0.3 is 15.5 Å². The number of hydrogen-bond acceptors (Lipinski definition) is 2. The molecule has 5 heteroatoms. The Morgan fingerprint density at radius 1 is 1.40 bits per heavy atom. The summed E-state index contributed by atoms with van der Waals surface area (Å²) in [5.74, 6) is -0.218. The van der Waals surface area contributed by atoms with Crippen molar-refractivity contribution in [2.24, 2.45) is 0 Å². The molecule has 1 aromatic carbocycles. The highest BCUT2D eigenvalue weighted by Gasteiger charge is 2.18. The third-order valence-electron chi connectivity index (χ3n) is 3.73. The van der Waals surface area contributed by atoms with Crippen LogP contribution in [0.15, 0.2) is 18.2 Å². The van der Waals surface area contributed by atoms with Crippen molar-refractivity contribution in [1.82, 2.24) is 15.5 Å². The second kappa shape index (κ2) is 6.70. The molecule has 1 saturated heterocycles. The molecular formula is C15H22FN3O. The number of aryl methyl sites for hydroxylation is 1. The van der Waals surface area contributed by atoms with E-state index in [1.54, 1.807) is 19.1 Å². The number of rotatable bonds is 3. The quantitative estimate of drug-likeness (QED) is 0.889. The topological polar surface area (TPSA) is 44.4 Å². The van der Waals surface area contributed by atoms with Gasteiger partial charge in [-0.15, -0.1) is 0 Å². The summed E-state index contributed by atoms with van der Waals surface area (Å²) < 4.78 is 13.1. The summed E-state index contributed by atoms with van der Waals surface area (Å²) in [6.45, 7) is 4.17. The molecule has 20 heavy (non-hydrogen) atoms. The van der Waals surface area contributed by atoms with E-state index in [0.29, 0.717) is 12.1 Å². The predicted molar refractivity (Wildman–Crippen MR) is 77.0 cm³/mol. The third-order valence-corrected chi connectivity index (χ3v) is 3.73. The first-order valence-corrected chi connectivity index (χ1v) is 7.02. The average Bonchev–Trinajstić information content (AvgIpc) is 2.43. The Kier molecular flexibility index (Phi) is 4.95. The molecule has 0 radical (unpaired) electrons. The zero-order valence-corrected chi connectivity index (χ0v) is 12.1. The fourth-order valence-electron chi connectivity index (χ4n) is 2.39. The minimum atomic E-state index is -0.218. The number of piperidine rings is 1. The molecule has 2 amide bonds. The number of carbonyl (C=O) groups is 1. The molecule has 0 spiro atoms. The number of nitrogens with one attached hydrogen (secondary N) is 2. The van der Waals surface area contributed by atoms with E-state index in [1.165, 1.54) is 6.07 Å². The van der Waals surface area contributed by atoms with Crippen LogP contribution in [0.4, 0.5) is 9.18 Å². The molecule has 4 nitrogen and oxygen atoms in total. The SMILES string of the molecule is Cc1cc(CNC(=O)NC2CCN(C)CC2)ccc1F. The summed E-state index contributed by atoms with van der Waals surface area (Å²) in [6, 6.07) is 4.98. The molecule has 1 aromatic rings. The molecule has 0 saturated carbocycles. The van der Waals surface area contributed by atoms with Gasteiger partial charge in [0, 0.05) is 12.6 Å². The van der Waals surface area contributed by atoms with Gasteiger partial charge in [-0.05, 0) is 57.1 Å². The molecule has 1 fully saturated rings. The van der Waals surface area contributed by atoms with Crippen molar-refractivity contribution >= 4 is 6.03 Å². The van der Waals surface area contributed by atoms with Gasteiger partial charge in [0.1, 0.15) is 5.82 Å². The molecule has 1 heterocycles. The van der Waals surface area contributed by atoms with Crippen molar-refractivity contribution < 1.29 is 9.18 Å². The second-order valence-corrected chi connectivity index (χ2v) is 5.49. The van der Waals surface area contributed by atoms with Crippen LogP contribution in [0, 0.1) is 12.7 Å². The summed E-state index contributed by atoms with van der Waals surface area (Å²) in [6.07, 6.45) is 1.97. The monoisotopic (exact) mass is 279 g/mol. The van der Waals surface area contributed by atoms with Crippen LogP contribution in [0.25, 0.3) is 0 Å². The van der Waals surface area contributed by atoms with E-state index in [4.69, 9.17) is 0 Å². The van der Waals surface area contributed by atoms with Crippen LogP contribution < -0.4 is 10.6 Å². The maximum absolute atomic E-state index is 13.1. The largest absolute Gasteiger partial charge is 0.335 e. The number of urea groups is 1. The van der Waals surface area contributed by atoms with E-state index in [-0.39, 0.29) is 17.9 Å². The zero-order chi connectivity index (χ0) is 14.5. The number of carbonyl (C=O) groups excluding carboxylic acids is 1. The molecule has 1 aliphatic heterocycles. The van der Waals surface area contributed by atoms with Gasteiger partial charge in [0.25, 0.3) is 0 Å². The fourth-order valence-corrected chi connectivity index (χ4v) is 2.39. The fraction of sp³-hybridized carbons (Fsp3) is 0.533. The summed E-state index contributed by atoms with van der Waals surface area (Å²) in [5.41, 5.74) is 1.50. The van der Waals surface area contributed by atoms with E-state index in [9.17, 15) is 9.18 Å². The average molecular weight is 279 g/mol. The minimum Gasteiger partial charge on any atom is -0.335 e. The third kappa shape index (κ3) is 4.20. The first-order chi connectivity index (χ1) is 9.54. The molecule has 1 aliphatic rings. The molecular weight excluding hydrogens is 257 g/mol. The van der Waals surface area contributed by atoms with Gasteiger partial charge in [-0.25, -0.2) is 9.18 Å². The molecule has 0 aromatic heterocycles. The first kappa shape index (κ1) is 14.8. The first-order valence-electron chi connectivity index (χ1n) is 7.02. The number of amides is 2. The van der Waals surface area contributed by atoms with Crippen LogP contribution in [-0.2, 0) is 6.54 Å². The highest BCUT2D eigenvalue weighted by atomic mass is 19.1. The summed E-state index contributed by atoms with van der Waals surface area (Å²) in [7, 11) is 2.09. The Bertz CT molecular complexity index is 470. The maximum Gasteiger partial charge on any atom is 0.315 e. The van der Waals surface area contributed by atoms with E-state index >= 15 is 0 Å².